The summed E-state index contributed by atoms with van der Waals surface area (Å²) in [5, 5.41) is 3.40. The van der Waals surface area contributed by atoms with Gasteiger partial charge < -0.3 is 5.32 Å². The van der Waals surface area contributed by atoms with Crippen LogP contribution in [0.25, 0.3) is 0 Å². The third-order valence-corrected chi connectivity index (χ3v) is 2.95. The summed E-state index contributed by atoms with van der Waals surface area (Å²) in [7, 11) is 0. The van der Waals surface area contributed by atoms with Crippen LogP contribution in [0.1, 0.15) is 35.8 Å². The average Bonchev–Trinajstić information content (AvgIpc) is 2.40. The molecule has 18 heavy (non-hydrogen) atoms. The first-order valence-corrected chi connectivity index (χ1v) is 6.09. The molecule has 92 valence electrons. The van der Waals surface area contributed by atoms with E-state index >= 15 is 0 Å². The van der Waals surface area contributed by atoms with Gasteiger partial charge in [-0.15, -0.1) is 0 Å². The van der Waals surface area contributed by atoms with Crippen molar-refractivity contribution >= 4 is 11.5 Å². The highest BCUT2D eigenvalue weighted by molar-refractivity contribution is 5.94. The molecule has 2 nitrogen and oxygen atoms in total. The fraction of sp³-hybridized carbons (Fsp3) is 0.188. The number of Topliss-reactive ketones (excluding diaryl/α,β-unsaturated/α-hetero) is 1. The van der Waals surface area contributed by atoms with E-state index in [0.29, 0.717) is 0 Å². The number of hydrogen-bond acceptors (Lipinski definition) is 2. The largest absolute Gasteiger partial charge is 0.379 e. The van der Waals surface area contributed by atoms with E-state index in [0.717, 1.165) is 11.3 Å². The monoisotopic (exact) mass is 239 g/mol. The quantitative estimate of drug-likeness (QED) is 0.815. The molecular formula is C16H17NO. The summed E-state index contributed by atoms with van der Waals surface area (Å²) in [6.45, 7) is 3.69. The van der Waals surface area contributed by atoms with E-state index in [1.54, 1.807) is 6.92 Å². The Bertz CT molecular complexity index is 534. The van der Waals surface area contributed by atoms with Crippen LogP contribution in [0.3, 0.4) is 0 Å². The van der Waals surface area contributed by atoms with Gasteiger partial charge >= 0.3 is 0 Å². The molecular weight excluding hydrogens is 222 g/mol. The molecule has 0 unspecified atom stereocenters. The Balaban J connectivity index is 2.14. The number of carbonyl (C=O) groups excluding carboxylic acids is 1. The first kappa shape index (κ1) is 12.4. The molecule has 2 rings (SSSR count). The number of ketones is 1. The smallest absolute Gasteiger partial charge is 0.159 e. The van der Waals surface area contributed by atoms with Crippen LogP contribution >= 0.6 is 0 Å². The van der Waals surface area contributed by atoms with E-state index in [9.17, 15) is 4.79 Å². The van der Waals surface area contributed by atoms with Gasteiger partial charge in [-0.1, -0.05) is 42.5 Å². The second kappa shape index (κ2) is 5.50. The van der Waals surface area contributed by atoms with Crippen molar-refractivity contribution in [3.63, 3.8) is 0 Å². The lowest BCUT2D eigenvalue weighted by Gasteiger charge is -2.16. The third-order valence-electron chi connectivity index (χ3n) is 2.95. The molecule has 2 heteroatoms. The second-order valence-corrected chi connectivity index (χ2v) is 4.41. The Labute approximate surface area is 108 Å². The molecule has 0 spiro atoms. The SMILES string of the molecule is CC(=O)c1cccc(N[C@H](C)c2ccccc2)c1. The molecule has 1 atom stereocenters. The van der Waals surface area contributed by atoms with Crippen LogP contribution in [0.2, 0.25) is 0 Å². The predicted octanol–water partition coefficient (Wildman–Crippen LogP) is 4.06. The first-order chi connectivity index (χ1) is 8.66. The van der Waals surface area contributed by atoms with Crippen molar-refractivity contribution in [1.29, 1.82) is 0 Å². The number of hydrogen-bond donors (Lipinski definition) is 1. The molecule has 1 N–H and O–H groups in total. The first-order valence-electron chi connectivity index (χ1n) is 6.09. The minimum Gasteiger partial charge on any atom is -0.379 e. The fourth-order valence-electron chi connectivity index (χ4n) is 1.90. The van der Waals surface area contributed by atoms with E-state index in [2.05, 4.69) is 24.4 Å². The van der Waals surface area contributed by atoms with E-state index in [1.807, 2.05) is 42.5 Å². The fourth-order valence-corrected chi connectivity index (χ4v) is 1.90. The Hall–Kier alpha value is -2.09. The van der Waals surface area contributed by atoms with Crippen LogP contribution in [0, 0.1) is 0 Å². The van der Waals surface area contributed by atoms with Crippen LogP contribution in [0.5, 0.6) is 0 Å². The van der Waals surface area contributed by atoms with Gasteiger partial charge in [0, 0.05) is 17.3 Å². The number of carbonyl (C=O) groups is 1. The molecule has 0 saturated heterocycles. The molecule has 2 aromatic rings. The maximum atomic E-state index is 11.3. The lowest BCUT2D eigenvalue weighted by Crippen LogP contribution is -2.06. The van der Waals surface area contributed by atoms with Gasteiger partial charge in [0.2, 0.25) is 0 Å². The zero-order valence-electron chi connectivity index (χ0n) is 10.7. The minimum atomic E-state index is 0.0889. The molecule has 0 aromatic heterocycles. The summed E-state index contributed by atoms with van der Waals surface area (Å²) in [5.74, 6) is 0.0889. The molecule has 0 amide bonds. The van der Waals surface area contributed by atoms with Gasteiger partial charge in [0.25, 0.3) is 0 Å². The standard InChI is InChI=1S/C16H17NO/c1-12(14-7-4-3-5-8-14)17-16-10-6-9-15(11-16)13(2)18/h3-12,17H,1-2H3/t12-/m1/s1. The molecule has 0 radical (unpaired) electrons. The van der Waals surface area contributed by atoms with Gasteiger partial charge in [-0.05, 0) is 31.5 Å². The van der Waals surface area contributed by atoms with Crippen molar-refractivity contribution < 1.29 is 4.79 Å². The van der Waals surface area contributed by atoms with Crippen LogP contribution in [-0.2, 0) is 0 Å². The van der Waals surface area contributed by atoms with Crippen LogP contribution in [0.15, 0.2) is 54.6 Å². The number of rotatable bonds is 4. The van der Waals surface area contributed by atoms with Gasteiger partial charge in [0.05, 0.1) is 0 Å². The Kier molecular flexibility index (Phi) is 3.78. The highest BCUT2D eigenvalue weighted by Crippen LogP contribution is 2.19. The molecule has 0 bridgehead atoms. The summed E-state index contributed by atoms with van der Waals surface area (Å²) in [6, 6.07) is 18.1. The van der Waals surface area contributed by atoms with E-state index in [-0.39, 0.29) is 11.8 Å². The van der Waals surface area contributed by atoms with Crippen LogP contribution < -0.4 is 5.32 Å². The highest BCUT2D eigenvalue weighted by atomic mass is 16.1. The van der Waals surface area contributed by atoms with Crippen molar-refractivity contribution in [1.82, 2.24) is 0 Å². The van der Waals surface area contributed by atoms with Crippen molar-refractivity contribution in [3.8, 4) is 0 Å². The maximum Gasteiger partial charge on any atom is 0.159 e. The van der Waals surface area contributed by atoms with Crippen molar-refractivity contribution in [2.45, 2.75) is 19.9 Å². The van der Waals surface area contributed by atoms with Gasteiger partial charge in [-0.2, -0.15) is 0 Å². The maximum absolute atomic E-state index is 11.3. The average molecular weight is 239 g/mol. The van der Waals surface area contributed by atoms with Crippen LogP contribution in [-0.4, -0.2) is 5.78 Å². The number of anilines is 1. The summed E-state index contributed by atoms with van der Waals surface area (Å²) in [6.07, 6.45) is 0. The molecule has 0 aliphatic carbocycles. The Morgan fingerprint density at radius 3 is 2.44 bits per heavy atom. The lowest BCUT2D eigenvalue weighted by atomic mass is 10.1. The van der Waals surface area contributed by atoms with E-state index in [1.165, 1.54) is 5.56 Å². The highest BCUT2D eigenvalue weighted by Gasteiger charge is 2.05. The van der Waals surface area contributed by atoms with E-state index in [4.69, 9.17) is 0 Å². The summed E-state index contributed by atoms with van der Waals surface area (Å²) < 4.78 is 0. The molecule has 0 saturated carbocycles. The van der Waals surface area contributed by atoms with Crippen LogP contribution in [0.4, 0.5) is 5.69 Å². The zero-order valence-corrected chi connectivity index (χ0v) is 10.7. The van der Waals surface area contributed by atoms with Gasteiger partial charge in [0.1, 0.15) is 0 Å². The van der Waals surface area contributed by atoms with Gasteiger partial charge in [-0.3, -0.25) is 4.79 Å². The third kappa shape index (κ3) is 2.98. The van der Waals surface area contributed by atoms with E-state index < -0.39 is 0 Å². The van der Waals surface area contributed by atoms with Crippen molar-refractivity contribution in [2.75, 3.05) is 5.32 Å². The number of nitrogens with one attached hydrogen (secondary N) is 1. The predicted molar refractivity (Wildman–Crippen MR) is 74.9 cm³/mol. The summed E-state index contributed by atoms with van der Waals surface area (Å²) >= 11 is 0. The van der Waals surface area contributed by atoms with Crippen molar-refractivity contribution in [2.24, 2.45) is 0 Å². The summed E-state index contributed by atoms with van der Waals surface area (Å²) in [4.78, 5) is 11.3. The minimum absolute atomic E-state index is 0.0889. The molecule has 2 aromatic carbocycles. The Morgan fingerprint density at radius 2 is 1.78 bits per heavy atom. The topological polar surface area (TPSA) is 29.1 Å². The van der Waals surface area contributed by atoms with Gasteiger partial charge in [0.15, 0.2) is 5.78 Å². The van der Waals surface area contributed by atoms with Gasteiger partial charge in [-0.25, -0.2) is 0 Å². The molecule has 0 aliphatic rings. The normalized spacial score (nSPS) is 11.9. The molecule has 0 fully saturated rings. The summed E-state index contributed by atoms with van der Waals surface area (Å²) in [5.41, 5.74) is 2.94. The zero-order chi connectivity index (χ0) is 13.0. The van der Waals surface area contributed by atoms with Crippen molar-refractivity contribution in [3.05, 3.63) is 65.7 Å². The second-order valence-electron chi connectivity index (χ2n) is 4.41. The Morgan fingerprint density at radius 1 is 1.06 bits per heavy atom. The number of benzene rings is 2. The lowest BCUT2D eigenvalue weighted by molar-refractivity contribution is 0.101. The molecule has 0 aliphatic heterocycles. The molecule has 0 heterocycles.